The lowest BCUT2D eigenvalue weighted by Gasteiger charge is -2.24. The molecule has 0 saturated carbocycles. The maximum atomic E-state index is 13.0. The van der Waals surface area contributed by atoms with E-state index < -0.39 is 27.9 Å². The summed E-state index contributed by atoms with van der Waals surface area (Å²) in [5.74, 6) is -1.03. The quantitative estimate of drug-likeness (QED) is 0.695. The molecule has 2 aromatic carbocycles. The molecule has 1 atom stereocenters. The fourth-order valence-electron chi connectivity index (χ4n) is 3.21. The number of ether oxygens (including phenoxy) is 1. The highest BCUT2D eigenvalue weighted by molar-refractivity contribution is 7.89. The number of carbonyl (C=O) groups excluding carboxylic acids is 2. The van der Waals surface area contributed by atoms with E-state index in [0.29, 0.717) is 30.8 Å². The van der Waals surface area contributed by atoms with Gasteiger partial charge in [-0.15, -0.1) is 0 Å². The standard InChI is InChI=1S/C20H23N3O5S/c1-28-17-9-11-18(12-10-17)29(26,27)23-13-5-8-16(23)14-21-19(24)20(25)22-15-6-3-2-4-7-15/h2-4,6-7,9-12,16H,5,8,13-14H2,1H3,(H,21,24)(H,22,25)/t16-/m1/s1. The maximum Gasteiger partial charge on any atom is 0.313 e. The lowest BCUT2D eigenvalue weighted by molar-refractivity contribution is -0.136. The molecule has 2 N–H and O–H groups in total. The Balaban J connectivity index is 1.61. The summed E-state index contributed by atoms with van der Waals surface area (Å²) >= 11 is 0. The van der Waals surface area contributed by atoms with Crippen molar-refractivity contribution in [3.05, 3.63) is 54.6 Å². The number of nitrogens with zero attached hydrogens (tertiary/aromatic N) is 1. The average Bonchev–Trinajstić information content (AvgIpc) is 3.22. The molecule has 0 spiro atoms. The van der Waals surface area contributed by atoms with Crippen LogP contribution in [0.2, 0.25) is 0 Å². The summed E-state index contributed by atoms with van der Waals surface area (Å²) in [5, 5.41) is 5.04. The van der Waals surface area contributed by atoms with Crippen LogP contribution in [0.25, 0.3) is 0 Å². The minimum atomic E-state index is -3.70. The molecule has 1 aliphatic heterocycles. The molecule has 9 heteroatoms. The third-order valence-electron chi connectivity index (χ3n) is 4.73. The van der Waals surface area contributed by atoms with E-state index in [9.17, 15) is 18.0 Å². The predicted octanol–water partition coefficient (Wildman–Crippen LogP) is 1.60. The number of sulfonamides is 1. The first-order valence-electron chi connectivity index (χ1n) is 9.22. The topological polar surface area (TPSA) is 105 Å². The normalized spacial score (nSPS) is 16.9. The Morgan fingerprint density at radius 3 is 2.41 bits per heavy atom. The molecule has 1 aliphatic rings. The fraction of sp³-hybridized carbons (Fsp3) is 0.300. The smallest absolute Gasteiger partial charge is 0.313 e. The fourth-order valence-corrected chi connectivity index (χ4v) is 4.91. The highest BCUT2D eigenvalue weighted by atomic mass is 32.2. The molecule has 2 aromatic rings. The van der Waals surface area contributed by atoms with E-state index in [0.717, 1.165) is 0 Å². The molecule has 0 radical (unpaired) electrons. The zero-order chi connectivity index (χ0) is 20.9. The van der Waals surface area contributed by atoms with Crippen LogP contribution in [0, 0.1) is 0 Å². The number of anilines is 1. The Labute approximate surface area is 169 Å². The van der Waals surface area contributed by atoms with Crippen LogP contribution in [-0.4, -0.2) is 50.8 Å². The van der Waals surface area contributed by atoms with E-state index in [1.165, 1.54) is 23.5 Å². The van der Waals surface area contributed by atoms with E-state index in [-0.39, 0.29) is 11.4 Å². The van der Waals surface area contributed by atoms with Crippen molar-refractivity contribution in [2.45, 2.75) is 23.8 Å². The third kappa shape index (κ3) is 4.93. The van der Waals surface area contributed by atoms with Gasteiger partial charge < -0.3 is 15.4 Å². The van der Waals surface area contributed by atoms with Crippen LogP contribution >= 0.6 is 0 Å². The first-order chi connectivity index (χ1) is 13.9. The largest absolute Gasteiger partial charge is 0.497 e. The number of amides is 2. The first-order valence-corrected chi connectivity index (χ1v) is 10.7. The molecule has 154 valence electrons. The number of carbonyl (C=O) groups is 2. The van der Waals surface area contributed by atoms with Crippen molar-refractivity contribution in [2.75, 3.05) is 25.5 Å². The molecule has 1 heterocycles. The van der Waals surface area contributed by atoms with Crippen molar-refractivity contribution >= 4 is 27.5 Å². The number of hydrogen-bond donors (Lipinski definition) is 2. The van der Waals surface area contributed by atoms with Gasteiger partial charge >= 0.3 is 11.8 Å². The van der Waals surface area contributed by atoms with Gasteiger partial charge in [-0.1, -0.05) is 18.2 Å². The van der Waals surface area contributed by atoms with Gasteiger partial charge in [0.05, 0.1) is 12.0 Å². The van der Waals surface area contributed by atoms with Crippen LogP contribution in [0.3, 0.4) is 0 Å². The van der Waals surface area contributed by atoms with Gasteiger partial charge in [0.25, 0.3) is 0 Å². The lowest BCUT2D eigenvalue weighted by atomic mass is 10.2. The van der Waals surface area contributed by atoms with E-state index >= 15 is 0 Å². The van der Waals surface area contributed by atoms with Crippen molar-refractivity contribution in [2.24, 2.45) is 0 Å². The Morgan fingerprint density at radius 2 is 1.76 bits per heavy atom. The molecule has 29 heavy (non-hydrogen) atoms. The number of rotatable bonds is 6. The van der Waals surface area contributed by atoms with E-state index in [4.69, 9.17) is 4.74 Å². The van der Waals surface area contributed by atoms with E-state index in [2.05, 4.69) is 10.6 Å². The Hall–Kier alpha value is -2.91. The summed E-state index contributed by atoms with van der Waals surface area (Å²) in [6.45, 7) is 0.432. The van der Waals surface area contributed by atoms with Crippen molar-refractivity contribution in [1.82, 2.24) is 9.62 Å². The van der Waals surface area contributed by atoms with Gasteiger partial charge in [-0.25, -0.2) is 8.42 Å². The van der Waals surface area contributed by atoms with Crippen LogP contribution in [0.5, 0.6) is 5.75 Å². The zero-order valence-electron chi connectivity index (χ0n) is 16.0. The molecule has 3 rings (SSSR count). The van der Waals surface area contributed by atoms with Gasteiger partial charge in [0.2, 0.25) is 10.0 Å². The van der Waals surface area contributed by atoms with Crippen molar-refractivity contribution in [1.29, 1.82) is 0 Å². The highest BCUT2D eigenvalue weighted by Crippen LogP contribution is 2.26. The molecule has 0 aromatic heterocycles. The predicted molar refractivity (Wildman–Crippen MR) is 108 cm³/mol. The van der Waals surface area contributed by atoms with Crippen LogP contribution in [0.15, 0.2) is 59.5 Å². The van der Waals surface area contributed by atoms with E-state index in [1.54, 1.807) is 42.5 Å². The summed E-state index contributed by atoms with van der Waals surface area (Å²) in [6.07, 6.45) is 1.29. The Kier molecular flexibility index (Phi) is 6.50. The van der Waals surface area contributed by atoms with Gasteiger partial charge in [0.15, 0.2) is 0 Å². The number of para-hydroxylation sites is 1. The maximum absolute atomic E-state index is 13.0. The summed E-state index contributed by atoms with van der Waals surface area (Å²) in [5.41, 5.74) is 0.511. The lowest BCUT2D eigenvalue weighted by Crippen LogP contribution is -2.45. The number of methoxy groups -OCH3 is 1. The third-order valence-corrected chi connectivity index (χ3v) is 6.69. The van der Waals surface area contributed by atoms with Crippen LogP contribution < -0.4 is 15.4 Å². The van der Waals surface area contributed by atoms with E-state index in [1.807, 2.05) is 0 Å². The summed E-state index contributed by atoms with van der Waals surface area (Å²) in [7, 11) is -2.19. The van der Waals surface area contributed by atoms with Crippen LogP contribution in [0.1, 0.15) is 12.8 Å². The zero-order valence-corrected chi connectivity index (χ0v) is 16.8. The van der Waals surface area contributed by atoms with Crippen LogP contribution in [0.4, 0.5) is 5.69 Å². The highest BCUT2D eigenvalue weighted by Gasteiger charge is 2.35. The summed E-state index contributed by atoms with van der Waals surface area (Å²) in [4.78, 5) is 24.3. The molecule has 0 bridgehead atoms. The molecular weight excluding hydrogens is 394 g/mol. The average molecular weight is 417 g/mol. The minimum absolute atomic E-state index is 0.0659. The van der Waals surface area contributed by atoms with Crippen molar-refractivity contribution in [3.63, 3.8) is 0 Å². The molecule has 1 saturated heterocycles. The molecular formula is C20H23N3O5S. The van der Waals surface area contributed by atoms with Gasteiger partial charge in [-0.05, 0) is 49.2 Å². The second kappa shape index (κ2) is 9.06. The van der Waals surface area contributed by atoms with Gasteiger partial charge in [0.1, 0.15) is 5.75 Å². The SMILES string of the molecule is COc1ccc(S(=O)(=O)N2CCC[C@@H]2CNC(=O)C(=O)Nc2ccccc2)cc1. The molecule has 0 aliphatic carbocycles. The van der Waals surface area contributed by atoms with Crippen LogP contribution in [-0.2, 0) is 19.6 Å². The Morgan fingerprint density at radius 1 is 1.07 bits per heavy atom. The van der Waals surface area contributed by atoms with Gasteiger partial charge in [-0.2, -0.15) is 4.31 Å². The van der Waals surface area contributed by atoms with Gasteiger partial charge in [0, 0.05) is 24.8 Å². The number of hydrogen-bond acceptors (Lipinski definition) is 5. The Bertz CT molecular complexity index is 961. The van der Waals surface area contributed by atoms with Crippen molar-refractivity contribution in [3.8, 4) is 5.75 Å². The minimum Gasteiger partial charge on any atom is -0.497 e. The van der Waals surface area contributed by atoms with Gasteiger partial charge in [-0.3, -0.25) is 9.59 Å². The molecule has 1 fully saturated rings. The monoisotopic (exact) mass is 417 g/mol. The first kappa shape index (κ1) is 20.8. The summed E-state index contributed by atoms with van der Waals surface area (Å²) in [6, 6.07) is 14.4. The second-order valence-electron chi connectivity index (χ2n) is 6.62. The number of nitrogens with one attached hydrogen (secondary N) is 2. The summed E-state index contributed by atoms with van der Waals surface area (Å²) < 4.78 is 32.4. The molecule has 0 unspecified atom stereocenters. The molecule has 8 nitrogen and oxygen atoms in total. The number of benzene rings is 2. The molecule has 2 amide bonds. The second-order valence-corrected chi connectivity index (χ2v) is 8.51. The van der Waals surface area contributed by atoms with Crippen molar-refractivity contribution < 1.29 is 22.7 Å².